The van der Waals surface area contributed by atoms with Crippen molar-refractivity contribution in [1.82, 2.24) is 5.32 Å². The molecule has 1 N–H and O–H groups in total. The molecule has 0 unspecified atom stereocenters. The van der Waals surface area contributed by atoms with E-state index < -0.39 is 0 Å². The van der Waals surface area contributed by atoms with Crippen LogP contribution in [-0.2, 0) is 11.2 Å². The van der Waals surface area contributed by atoms with Gasteiger partial charge in [0.05, 0.1) is 0 Å². The summed E-state index contributed by atoms with van der Waals surface area (Å²) in [6, 6.07) is 8.11. The Kier molecular flexibility index (Phi) is 5.01. The summed E-state index contributed by atoms with van der Waals surface area (Å²) in [6.07, 6.45) is 7.21. The molecule has 0 aromatic heterocycles. The van der Waals surface area contributed by atoms with Crippen LogP contribution in [-0.4, -0.2) is 18.6 Å². The molecule has 1 aliphatic rings. The Morgan fingerprint density at radius 3 is 2.84 bits per heavy atom. The molecule has 0 heterocycles. The van der Waals surface area contributed by atoms with Crippen molar-refractivity contribution < 1.29 is 9.53 Å². The fourth-order valence-corrected chi connectivity index (χ4v) is 2.45. The number of ether oxygens (including phenoxy) is 1. The molecule has 1 fully saturated rings. The zero-order valence-electron chi connectivity index (χ0n) is 11.2. The van der Waals surface area contributed by atoms with Gasteiger partial charge >= 0.3 is 0 Å². The molecule has 1 aromatic rings. The van der Waals surface area contributed by atoms with E-state index in [0.717, 1.165) is 30.6 Å². The van der Waals surface area contributed by atoms with Gasteiger partial charge in [0.2, 0.25) is 0 Å². The lowest BCUT2D eigenvalue weighted by molar-refractivity contribution is -0.123. The van der Waals surface area contributed by atoms with Gasteiger partial charge in [0, 0.05) is 6.04 Å². The molecule has 2 rings (SSSR count). The van der Waals surface area contributed by atoms with Crippen molar-refractivity contribution in [3.05, 3.63) is 42.5 Å². The summed E-state index contributed by atoms with van der Waals surface area (Å²) in [5, 5.41) is 3.02. The molecule has 0 atom stereocenters. The molecule has 1 aliphatic carbocycles. The molecule has 1 saturated carbocycles. The molecule has 0 spiro atoms. The Balaban J connectivity index is 1.83. The summed E-state index contributed by atoms with van der Waals surface area (Å²) in [6.45, 7) is 3.81. The summed E-state index contributed by atoms with van der Waals surface area (Å²) in [5.41, 5.74) is 1.06. The van der Waals surface area contributed by atoms with Crippen molar-refractivity contribution in [1.29, 1.82) is 0 Å². The van der Waals surface area contributed by atoms with Crippen molar-refractivity contribution in [2.45, 2.75) is 38.1 Å². The molecule has 0 bridgehead atoms. The highest BCUT2D eigenvalue weighted by molar-refractivity contribution is 5.77. The van der Waals surface area contributed by atoms with E-state index in [1.165, 1.54) is 12.8 Å². The maximum absolute atomic E-state index is 11.8. The smallest absolute Gasteiger partial charge is 0.258 e. The van der Waals surface area contributed by atoms with Crippen LogP contribution >= 0.6 is 0 Å². The van der Waals surface area contributed by atoms with E-state index in [1.807, 2.05) is 30.3 Å². The molecule has 0 saturated heterocycles. The van der Waals surface area contributed by atoms with Gasteiger partial charge in [-0.25, -0.2) is 0 Å². The predicted octanol–water partition coefficient (Wildman–Crippen LogP) is 2.85. The van der Waals surface area contributed by atoms with Crippen LogP contribution in [0.4, 0.5) is 0 Å². The second-order valence-corrected chi connectivity index (χ2v) is 4.94. The van der Waals surface area contributed by atoms with E-state index in [0.29, 0.717) is 6.04 Å². The molecular formula is C16H21NO2. The number of benzene rings is 1. The lowest BCUT2D eigenvalue weighted by Crippen LogP contribution is -2.36. The first-order chi connectivity index (χ1) is 9.29. The minimum absolute atomic E-state index is 0.0275. The zero-order chi connectivity index (χ0) is 13.5. The van der Waals surface area contributed by atoms with Crippen LogP contribution in [0.5, 0.6) is 5.75 Å². The first kappa shape index (κ1) is 13.7. The maximum atomic E-state index is 11.8. The average Bonchev–Trinajstić information content (AvgIpc) is 2.91. The van der Waals surface area contributed by atoms with Gasteiger partial charge in [-0.05, 0) is 30.9 Å². The Hall–Kier alpha value is -1.77. The van der Waals surface area contributed by atoms with Crippen LogP contribution in [0.15, 0.2) is 36.9 Å². The third kappa shape index (κ3) is 4.12. The molecule has 0 aliphatic heterocycles. The van der Waals surface area contributed by atoms with Crippen molar-refractivity contribution in [2.75, 3.05) is 6.61 Å². The number of allylic oxidation sites excluding steroid dienone is 1. The maximum Gasteiger partial charge on any atom is 0.258 e. The number of carbonyl (C=O) groups excluding carboxylic acids is 1. The molecule has 102 valence electrons. The molecule has 0 radical (unpaired) electrons. The largest absolute Gasteiger partial charge is 0.483 e. The minimum atomic E-state index is -0.0275. The molecule has 1 aromatic carbocycles. The van der Waals surface area contributed by atoms with E-state index in [1.54, 1.807) is 0 Å². The van der Waals surface area contributed by atoms with Crippen molar-refractivity contribution in [3.63, 3.8) is 0 Å². The van der Waals surface area contributed by atoms with Gasteiger partial charge in [-0.2, -0.15) is 0 Å². The molecule has 19 heavy (non-hydrogen) atoms. The average molecular weight is 259 g/mol. The summed E-state index contributed by atoms with van der Waals surface area (Å²) in [4.78, 5) is 11.8. The topological polar surface area (TPSA) is 38.3 Å². The normalized spacial score (nSPS) is 15.2. The summed E-state index contributed by atoms with van der Waals surface area (Å²) in [7, 11) is 0. The van der Waals surface area contributed by atoms with Crippen LogP contribution in [0.25, 0.3) is 0 Å². The number of nitrogens with one attached hydrogen (secondary N) is 1. The Morgan fingerprint density at radius 2 is 2.11 bits per heavy atom. The summed E-state index contributed by atoms with van der Waals surface area (Å²) >= 11 is 0. The number of carbonyl (C=O) groups is 1. The van der Waals surface area contributed by atoms with Gasteiger partial charge in [0.1, 0.15) is 5.75 Å². The Labute approximate surface area is 114 Å². The lowest BCUT2D eigenvalue weighted by atomic mass is 10.1. The third-order valence-electron chi connectivity index (χ3n) is 3.42. The molecule has 3 heteroatoms. The minimum Gasteiger partial charge on any atom is -0.483 e. The highest BCUT2D eigenvalue weighted by Gasteiger charge is 2.17. The lowest BCUT2D eigenvalue weighted by Gasteiger charge is -2.13. The fraction of sp³-hybridized carbons (Fsp3) is 0.438. The third-order valence-corrected chi connectivity index (χ3v) is 3.42. The van der Waals surface area contributed by atoms with Crippen LogP contribution in [0.2, 0.25) is 0 Å². The van der Waals surface area contributed by atoms with E-state index in [4.69, 9.17) is 4.74 Å². The number of hydrogen-bond acceptors (Lipinski definition) is 2. The van der Waals surface area contributed by atoms with E-state index in [2.05, 4.69) is 11.9 Å². The van der Waals surface area contributed by atoms with Crippen molar-refractivity contribution in [2.24, 2.45) is 0 Å². The van der Waals surface area contributed by atoms with Crippen molar-refractivity contribution in [3.8, 4) is 5.75 Å². The summed E-state index contributed by atoms with van der Waals surface area (Å²) < 4.78 is 5.60. The SMILES string of the molecule is C=CCc1ccccc1OCC(=O)NC1CCCC1. The van der Waals surface area contributed by atoms with Gasteiger partial charge in [0.25, 0.3) is 5.91 Å². The van der Waals surface area contributed by atoms with Crippen LogP contribution in [0, 0.1) is 0 Å². The van der Waals surface area contributed by atoms with E-state index in [9.17, 15) is 4.79 Å². The van der Waals surface area contributed by atoms with Crippen molar-refractivity contribution >= 4 is 5.91 Å². The predicted molar refractivity (Wildman–Crippen MR) is 76.2 cm³/mol. The zero-order valence-corrected chi connectivity index (χ0v) is 11.2. The van der Waals surface area contributed by atoms with Gasteiger partial charge in [-0.3, -0.25) is 4.79 Å². The van der Waals surface area contributed by atoms with Gasteiger partial charge in [-0.15, -0.1) is 6.58 Å². The first-order valence-corrected chi connectivity index (χ1v) is 6.90. The highest BCUT2D eigenvalue weighted by atomic mass is 16.5. The fourth-order valence-electron chi connectivity index (χ4n) is 2.45. The summed E-state index contributed by atoms with van der Waals surface area (Å²) in [5.74, 6) is 0.740. The molecule has 1 amide bonds. The quantitative estimate of drug-likeness (QED) is 0.798. The van der Waals surface area contributed by atoms with Gasteiger partial charge in [0.15, 0.2) is 6.61 Å². The van der Waals surface area contributed by atoms with Crippen LogP contribution < -0.4 is 10.1 Å². The number of para-hydroxylation sites is 1. The Morgan fingerprint density at radius 1 is 1.37 bits per heavy atom. The number of rotatable bonds is 6. The molecular weight excluding hydrogens is 238 g/mol. The molecule has 3 nitrogen and oxygen atoms in total. The number of amides is 1. The second kappa shape index (κ2) is 6.98. The van der Waals surface area contributed by atoms with Gasteiger partial charge < -0.3 is 10.1 Å². The second-order valence-electron chi connectivity index (χ2n) is 4.94. The van der Waals surface area contributed by atoms with Crippen LogP contribution in [0.1, 0.15) is 31.2 Å². The highest BCUT2D eigenvalue weighted by Crippen LogP contribution is 2.19. The first-order valence-electron chi connectivity index (χ1n) is 6.90. The Bertz CT molecular complexity index is 436. The van der Waals surface area contributed by atoms with E-state index >= 15 is 0 Å². The number of hydrogen-bond donors (Lipinski definition) is 1. The van der Waals surface area contributed by atoms with Gasteiger partial charge in [-0.1, -0.05) is 37.1 Å². The monoisotopic (exact) mass is 259 g/mol. The van der Waals surface area contributed by atoms with E-state index in [-0.39, 0.29) is 12.5 Å². The van der Waals surface area contributed by atoms with Crippen LogP contribution in [0.3, 0.4) is 0 Å². The standard InChI is InChI=1S/C16H21NO2/c1-2-7-13-8-3-6-11-15(13)19-12-16(18)17-14-9-4-5-10-14/h2-3,6,8,11,14H,1,4-5,7,9-10,12H2,(H,17,18).